The molecule has 0 aliphatic carbocycles. The second kappa shape index (κ2) is 6.16. The normalized spacial score (nSPS) is 15.9. The minimum absolute atomic E-state index is 0.0916. The van der Waals surface area contributed by atoms with Gasteiger partial charge in [0.1, 0.15) is 6.04 Å². The number of amides is 1. The van der Waals surface area contributed by atoms with Crippen molar-refractivity contribution in [1.29, 1.82) is 0 Å². The Balaban J connectivity index is 2.14. The first-order chi connectivity index (χ1) is 9.50. The Bertz CT molecular complexity index is 485. The second-order valence-corrected chi connectivity index (χ2v) is 5.96. The molecule has 0 saturated heterocycles. The average Bonchev–Trinajstić information content (AvgIpc) is 2.44. The van der Waals surface area contributed by atoms with Crippen LogP contribution in [0.3, 0.4) is 0 Å². The lowest BCUT2D eigenvalue weighted by Crippen LogP contribution is -2.48. The first-order valence-corrected chi connectivity index (χ1v) is 7.42. The van der Waals surface area contributed by atoms with Crippen LogP contribution in [0.25, 0.3) is 0 Å². The molecule has 110 valence electrons. The van der Waals surface area contributed by atoms with Gasteiger partial charge in [-0.1, -0.05) is 19.9 Å². The van der Waals surface area contributed by atoms with Crippen LogP contribution < -0.4 is 16.0 Å². The number of nitrogens with two attached hydrogens (primary N) is 1. The van der Waals surface area contributed by atoms with Crippen molar-refractivity contribution < 1.29 is 4.79 Å². The Morgan fingerprint density at radius 1 is 1.40 bits per heavy atom. The highest BCUT2D eigenvalue weighted by atomic mass is 16.2. The fourth-order valence-electron chi connectivity index (χ4n) is 2.68. The van der Waals surface area contributed by atoms with Crippen molar-refractivity contribution in [3.63, 3.8) is 0 Å². The highest BCUT2D eigenvalue weighted by Crippen LogP contribution is 2.32. The highest BCUT2D eigenvalue weighted by molar-refractivity contribution is 5.85. The number of hydrogen-bond acceptors (Lipinski definition) is 3. The third-order valence-electron chi connectivity index (χ3n) is 3.85. The Morgan fingerprint density at radius 3 is 2.85 bits per heavy atom. The molecule has 1 aromatic carbocycles. The second-order valence-electron chi connectivity index (χ2n) is 5.96. The molecule has 1 atom stereocenters. The van der Waals surface area contributed by atoms with E-state index in [4.69, 9.17) is 5.73 Å². The van der Waals surface area contributed by atoms with Crippen molar-refractivity contribution in [3.8, 4) is 0 Å². The standard InChI is InChI=1S/C16H25N3O/c1-11(2)10-18-16(20)12(3)19-9-5-6-13-14(17)7-4-8-15(13)19/h4,7-8,11-12H,5-6,9-10,17H2,1-3H3,(H,18,20). The molecule has 0 spiro atoms. The first kappa shape index (κ1) is 14.7. The van der Waals surface area contributed by atoms with Crippen LogP contribution in [0.2, 0.25) is 0 Å². The Labute approximate surface area is 121 Å². The van der Waals surface area contributed by atoms with Crippen LogP contribution in [0, 0.1) is 5.92 Å². The van der Waals surface area contributed by atoms with E-state index in [1.54, 1.807) is 0 Å². The number of carbonyl (C=O) groups is 1. The Morgan fingerprint density at radius 2 is 2.15 bits per heavy atom. The van der Waals surface area contributed by atoms with Crippen LogP contribution in [0.15, 0.2) is 18.2 Å². The van der Waals surface area contributed by atoms with Crippen molar-refractivity contribution in [1.82, 2.24) is 5.32 Å². The van der Waals surface area contributed by atoms with Gasteiger partial charge in [0.2, 0.25) is 5.91 Å². The van der Waals surface area contributed by atoms with E-state index in [-0.39, 0.29) is 11.9 Å². The minimum Gasteiger partial charge on any atom is -0.398 e. The molecule has 1 amide bonds. The number of carbonyl (C=O) groups excluding carboxylic acids is 1. The van der Waals surface area contributed by atoms with Gasteiger partial charge in [-0.15, -0.1) is 0 Å². The van der Waals surface area contributed by atoms with E-state index in [0.29, 0.717) is 5.92 Å². The monoisotopic (exact) mass is 275 g/mol. The van der Waals surface area contributed by atoms with Gasteiger partial charge >= 0.3 is 0 Å². The smallest absolute Gasteiger partial charge is 0.242 e. The molecule has 2 rings (SSSR count). The Hall–Kier alpha value is -1.71. The molecule has 1 aliphatic rings. The van der Waals surface area contributed by atoms with Gasteiger partial charge in [-0.3, -0.25) is 4.79 Å². The molecular formula is C16H25N3O. The van der Waals surface area contributed by atoms with E-state index >= 15 is 0 Å². The lowest BCUT2D eigenvalue weighted by molar-refractivity contribution is -0.122. The van der Waals surface area contributed by atoms with Gasteiger partial charge in [-0.05, 0) is 43.4 Å². The maximum Gasteiger partial charge on any atom is 0.242 e. The van der Waals surface area contributed by atoms with Crippen LogP contribution in [0.1, 0.15) is 32.8 Å². The molecular weight excluding hydrogens is 250 g/mol. The van der Waals surface area contributed by atoms with Gasteiger partial charge in [0.25, 0.3) is 0 Å². The predicted molar refractivity (Wildman–Crippen MR) is 83.8 cm³/mol. The molecule has 3 N–H and O–H groups in total. The molecule has 1 aliphatic heterocycles. The molecule has 0 radical (unpaired) electrons. The van der Waals surface area contributed by atoms with Gasteiger partial charge in [0.15, 0.2) is 0 Å². The van der Waals surface area contributed by atoms with Crippen molar-refractivity contribution in [2.45, 2.75) is 39.7 Å². The number of nitrogen functional groups attached to an aromatic ring is 1. The highest BCUT2D eigenvalue weighted by Gasteiger charge is 2.26. The zero-order valence-electron chi connectivity index (χ0n) is 12.6. The van der Waals surface area contributed by atoms with Crippen molar-refractivity contribution in [2.24, 2.45) is 5.92 Å². The molecule has 0 aromatic heterocycles. The quantitative estimate of drug-likeness (QED) is 0.828. The molecule has 20 heavy (non-hydrogen) atoms. The van der Waals surface area contributed by atoms with Gasteiger partial charge in [-0.25, -0.2) is 0 Å². The summed E-state index contributed by atoms with van der Waals surface area (Å²) in [6, 6.07) is 5.81. The number of benzene rings is 1. The zero-order valence-corrected chi connectivity index (χ0v) is 12.6. The van der Waals surface area contributed by atoms with E-state index in [1.807, 2.05) is 19.1 Å². The molecule has 1 unspecified atom stereocenters. The molecule has 1 heterocycles. The van der Waals surface area contributed by atoms with Crippen molar-refractivity contribution in [3.05, 3.63) is 23.8 Å². The maximum atomic E-state index is 12.3. The van der Waals surface area contributed by atoms with Gasteiger partial charge in [0, 0.05) is 24.5 Å². The van der Waals surface area contributed by atoms with Crippen LogP contribution in [-0.2, 0) is 11.2 Å². The summed E-state index contributed by atoms with van der Waals surface area (Å²) in [4.78, 5) is 14.4. The average molecular weight is 275 g/mol. The zero-order chi connectivity index (χ0) is 14.7. The lowest BCUT2D eigenvalue weighted by Gasteiger charge is -2.36. The summed E-state index contributed by atoms with van der Waals surface area (Å²) in [6.07, 6.45) is 2.04. The lowest BCUT2D eigenvalue weighted by atomic mass is 9.98. The van der Waals surface area contributed by atoms with Gasteiger partial charge in [-0.2, -0.15) is 0 Å². The summed E-state index contributed by atoms with van der Waals surface area (Å²) in [7, 11) is 0. The van der Waals surface area contributed by atoms with Crippen molar-refractivity contribution >= 4 is 17.3 Å². The summed E-state index contributed by atoms with van der Waals surface area (Å²) in [6.45, 7) is 7.80. The number of nitrogens with one attached hydrogen (secondary N) is 1. The van der Waals surface area contributed by atoms with E-state index < -0.39 is 0 Å². The molecule has 4 nitrogen and oxygen atoms in total. The molecule has 0 fully saturated rings. The molecule has 0 bridgehead atoms. The van der Waals surface area contributed by atoms with Crippen LogP contribution >= 0.6 is 0 Å². The van der Waals surface area contributed by atoms with Crippen LogP contribution in [-0.4, -0.2) is 25.0 Å². The van der Waals surface area contributed by atoms with Crippen LogP contribution in [0.4, 0.5) is 11.4 Å². The number of fused-ring (bicyclic) bond motifs is 1. The summed E-state index contributed by atoms with van der Waals surface area (Å²) >= 11 is 0. The largest absolute Gasteiger partial charge is 0.398 e. The van der Waals surface area contributed by atoms with Gasteiger partial charge in [0.05, 0.1) is 0 Å². The maximum absolute atomic E-state index is 12.3. The minimum atomic E-state index is -0.158. The SMILES string of the molecule is CC(C)CNC(=O)C(C)N1CCCc2c(N)cccc21. The van der Waals surface area contributed by atoms with E-state index in [9.17, 15) is 4.79 Å². The third-order valence-corrected chi connectivity index (χ3v) is 3.85. The van der Waals surface area contributed by atoms with Gasteiger partial charge < -0.3 is 16.0 Å². The molecule has 1 aromatic rings. The van der Waals surface area contributed by atoms with E-state index in [1.165, 1.54) is 5.56 Å². The summed E-state index contributed by atoms with van der Waals surface area (Å²) in [5.74, 6) is 0.560. The predicted octanol–water partition coefficient (Wildman–Crippen LogP) is 2.18. The summed E-state index contributed by atoms with van der Waals surface area (Å²) in [5, 5.41) is 3.01. The topological polar surface area (TPSA) is 58.4 Å². The number of nitrogens with zero attached hydrogens (tertiary/aromatic N) is 1. The fraction of sp³-hybridized carbons (Fsp3) is 0.562. The van der Waals surface area contributed by atoms with E-state index in [2.05, 4.69) is 30.1 Å². The van der Waals surface area contributed by atoms with E-state index in [0.717, 1.165) is 37.3 Å². The first-order valence-electron chi connectivity index (χ1n) is 7.42. The summed E-state index contributed by atoms with van der Waals surface area (Å²) < 4.78 is 0. The third kappa shape index (κ3) is 3.06. The molecule has 4 heteroatoms. The summed E-state index contributed by atoms with van der Waals surface area (Å²) in [5.41, 5.74) is 9.18. The number of rotatable bonds is 4. The van der Waals surface area contributed by atoms with Crippen molar-refractivity contribution in [2.75, 3.05) is 23.7 Å². The van der Waals surface area contributed by atoms with Crippen LogP contribution in [0.5, 0.6) is 0 Å². The fourth-order valence-corrected chi connectivity index (χ4v) is 2.68. The molecule has 0 saturated carbocycles. The number of hydrogen-bond donors (Lipinski definition) is 2. The number of anilines is 2. The Kier molecular flexibility index (Phi) is 4.53.